The fraction of sp³-hybridized carbons (Fsp3) is 0. The van der Waals surface area contributed by atoms with Gasteiger partial charge in [-0.2, -0.15) is 0 Å². The first-order valence-corrected chi connectivity index (χ1v) is 3.82. The van der Waals surface area contributed by atoms with Crippen molar-refractivity contribution in [2.45, 2.75) is 0 Å². The number of hydrogen-bond donors (Lipinski definition) is 3. The second kappa shape index (κ2) is 2.79. The number of benzene rings is 1. The number of fused-ring (bicyclic) bond motifs is 1. The minimum Gasteiger partial charge on any atom is -0.465 e. The maximum atomic E-state index is 8.84. The topological polar surface area (TPSA) is 79.6 Å². The molecule has 66 valence electrons. The summed E-state index contributed by atoms with van der Waals surface area (Å²) in [7, 11) is -1.59. The third kappa shape index (κ3) is 1.28. The quantitative estimate of drug-likeness (QED) is 0.412. The molecule has 1 aromatic carbocycles. The highest BCUT2D eigenvalue weighted by Gasteiger charge is 2.17. The van der Waals surface area contributed by atoms with Crippen LogP contribution in [-0.2, 0) is 0 Å². The van der Waals surface area contributed by atoms with Gasteiger partial charge in [-0.1, -0.05) is 6.07 Å². The Hall–Kier alpha value is -1.46. The Balaban J connectivity index is 2.68. The van der Waals surface area contributed by atoms with Crippen LogP contribution in [0.1, 0.15) is 0 Å². The van der Waals surface area contributed by atoms with E-state index in [0.29, 0.717) is 16.7 Å². The first-order valence-electron chi connectivity index (χ1n) is 3.82. The van der Waals surface area contributed by atoms with E-state index in [2.05, 4.69) is 0 Å². The van der Waals surface area contributed by atoms with Crippen LogP contribution in [0.2, 0.25) is 0 Å². The summed E-state index contributed by atoms with van der Waals surface area (Å²) >= 11 is 0. The number of nitrogens with two attached hydrogens (primary N) is 1. The van der Waals surface area contributed by atoms with Crippen molar-refractivity contribution in [2.75, 3.05) is 5.73 Å². The van der Waals surface area contributed by atoms with Crippen LogP contribution in [0, 0.1) is 0 Å². The lowest BCUT2D eigenvalue weighted by Gasteiger charge is -1.91. The van der Waals surface area contributed by atoms with Crippen molar-refractivity contribution in [3.05, 3.63) is 24.3 Å². The van der Waals surface area contributed by atoms with E-state index in [9.17, 15) is 0 Å². The first kappa shape index (κ1) is 8.16. The van der Waals surface area contributed by atoms with Crippen LogP contribution in [0.3, 0.4) is 0 Å². The number of furan rings is 1. The molecule has 2 aromatic rings. The average Bonchev–Trinajstić information content (AvgIpc) is 2.49. The molecule has 0 aliphatic heterocycles. The van der Waals surface area contributed by atoms with Gasteiger partial charge in [0, 0.05) is 11.1 Å². The molecule has 0 fully saturated rings. The molecule has 0 saturated carbocycles. The molecule has 0 radical (unpaired) electrons. The highest BCUT2D eigenvalue weighted by atomic mass is 16.4. The molecule has 0 unspecified atom stereocenters. The number of rotatable bonds is 1. The van der Waals surface area contributed by atoms with E-state index in [0.717, 1.165) is 0 Å². The number of hydrogen-bond acceptors (Lipinski definition) is 4. The third-order valence-corrected chi connectivity index (χ3v) is 1.87. The molecular weight excluding hydrogens is 169 g/mol. The smallest absolute Gasteiger partial charge is 0.465 e. The van der Waals surface area contributed by atoms with Gasteiger partial charge in [0.1, 0.15) is 11.2 Å². The van der Waals surface area contributed by atoms with Crippen LogP contribution < -0.4 is 11.4 Å². The van der Waals surface area contributed by atoms with E-state index in [-0.39, 0.29) is 5.66 Å². The van der Waals surface area contributed by atoms with Crippen molar-refractivity contribution in [1.29, 1.82) is 0 Å². The predicted molar refractivity (Wildman–Crippen MR) is 50.5 cm³/mol. The van der Waals surface area contributed by atoms with E-state index >= 15 is 0 Å². The molecule has 0 aliphatic carbocycles. The maximum absolute atomic E-state index is 8.84. The molecule has 1 heterocycles. The Labute approximate surface area is 74.7 Å². The van der Waals surface area contributed by atoms with Crippen molar-refractivity contribution < 1.29 is 14.5 Å². The third-order valence-electron chi connectivity index (χ3n) is 1.87. The zero-order chi connectivity index (χ0) is 9.42. The summed E-state index contributed by atoms with van der Waals surface area (Å²) in [6.45, 7) is 0. The van der Waals surface area contributed by atoms with Crippen LogP contribution in [0.15, 0.2) is 28.7 Å². The molecule has 4 nitrogen and oxygen atoms in total. The fourth-order valence-electron chi connectivity index (χ4n) is 1.23. The van der Waals surface area contributed by atoms with Crippen molar-refractivity contribution in [1.82, 2.24) is 0 Å². The van der Waals surface area contributed by atoms with Gasteiger partial charge in [-0.25, -0.2) is 0 Å². The largest absolute Gasteiger partial charge is 0.526 e. The monoisotopic (exact) mass is 177 g/mol. The van der Waals surface area contributed by atoms with Crippen LogP contribution in [0.4, 0.5) is 5.69 Å². The molecule has 0 bridgehead atoms. The predicted octanol–water partition coefficient (Wildman–Crippen LogP) is -0.305. The van der Waals surface area contributed by atoms with Crippen molar-refractivity contribution in [3.8, 4) is 0 Å². The molecule has 1 aromatic heterocycles. The molecule has 0 spiro atoms. The van der Waals surface area contributed by atoms with Crippen LogP contribution >= 0.6 is 0 Å². The SMILES string of the molecule is Nc1cccc2oc(B(O)O)cc12. The van der Waals surface area contributed by atoms with Gasteiger partial charge in [0.05, 0.1) is 0 Å². The normalized spacial score (nSPS) is 10.6. The van der Waals surface area contributed by atoms with E-state index in [1.165, 1.54) is 6.07 Å². The van der Waals surface area contributed by atoms with Gasteiger partial charge in [0.15, 0.2) is 0 Å². The molecule has 5 heteroatoms. The molecule has 0 saturated heterocycles. The Morgan fingerprint density at radius 1 is 1.31 bits per heavy atom. The van der Waals surface area contributed by atoms with Gasteiger partial charge in [-0.15, -0.1) is 0 Å². The molecule has 13 heavy (non-hydrogen) atoms. The lowest BCUT2D eigenvalue weighted by molar-refractivity contribution is 0.412. The molecule has 4 N–H and O–H groups in total. The number of nitrogen functional groups attached to an aromatic ring is 1. The minimum atomic E-state index is -1.59. The van der Waals surface area contributed by atoms with Crippen LogP contribution in [0.5, 0.6) is 0 Å². The number of anilines is 1. The fourth-order valence-corrected chi connectivity index (χ4v) is 1.23. The summed E-state index contributed by atoms with van der Waals surface area (Å²) < 4.78 is 5.13. The average molecular weight is 177 g/mol. The van der Waals surface area contributed by atoms with Crippen molar-refractivity contribution in [2.24, 2.45) is 0 Å². The lowest BCUT2D eigenvalue weighted by Crippen LogP contribution is -2.27. The second-order valence-corrected chi connectivity index (χ2v) is 2.78. The van der Waals surface area contributed by atoms with Gasteiger partial charge in [0.2, 0.25) is 0 Å². The van der Waals surface area contributed by atoms with Gasteiger partial charge < -0.3 is 20.2 Å². The maximum Gasteiger partial charge on any atom is 0.526 e. The van der Waals surface area contributed by atoms with E-state index in [4.69, 9.17) is 20.2 Å². The van der Waals surface area contributed by atoms with Gasteiger partial charge >= 0.3 is 7.12 Å². The zero-order valence-corrected chi connectivity index (χ0v) is 6.77. The Morgan fingerprint density at radius 3 is 2.69 bits per heavy atom. The minimum absolute atomic E-state index is 0.105. The Morgan fingerprint density at radius 2 is 2.08 bits per heavy atom. The van der Waals surface area contributed by atoms with E-state index in [1.807, 2.05) is 0 Å². The van der Waals surface area contributed by atoms with Crippen molar-refractivity contribution in [3.63, 3.8) is 0 Å². The van der Waals surface area contributed by atoms with Gasteiger partial charge in [-0.05, 0) is 18.2 Å². The summed E-state index contributed by atoms with van der Waals surface area (Å²) in [5.74, 6) is 0. The summed E-state index contributed by atoms with van der Waals surface area (Å²) in [4.78, 5) is 0. The molecule has 0 amide bonds. The van der Waals surface area contributed by atoms with E-state index in [1.54, 1.807) is 18.2 Å². The summed E-state index contributed by atoms with van der Waals surface area (Å²) in [5.41, 5.74) is 6.87. The standard InChI is InChI=1S/C8H8BNO3/c10-6-2-1-3-7-5(6)4-8(13-7)9(11)12/h1-4,11-12H,10H2. The molecule has 2 rings (SSSR count). The van der Waals surface area contributed by atoms with Crippen LogP contribution in [-0.4, -0.2) is 17.2 Å². The Bertz CT molecular complexity index is 438. The first-order chi connectivity index (χ1) is 6.18. The van der Waals surface area contributed by atoms with E-state index < -0.39 is 7.12 Å². The zero-order valence-electron chi connectivity index (χ0n) is 6.77. The molecule has 0 atom stereocenters. The highest BCUT2D eigenvalue weighted by Crippen LogP contribution is 2.20. The van der Waals surface area contributed by atoms with Gasteiger partial charge in [0.25, 0.3) is 0 Å². The summed E-state index contributed by atoms with van der Waals surface area (Å²) in [6.07, 6.45) is 0. The summed E-state index contributed by atoms with van der Waals surface area (Å²) in [6, 6.07) is 6.72. The summed E-state index contributed by atoms with van der Waals surface area (Å²) in [5, 5.41) is 18.4. The Kier molecular flexibility index (Phi) is 1.75. The second-order valence-electron chi connectivity index (χ2n) is 2.78. The molecule has 0 aliphatic rings. The molecular formula is C8H8BNO3. The van der Waals surface area contributed by atoms with Crippen LogP contribution in [0.25, 0.3) is 11.0 Å². The highest BCUT2D eigenvalue weighted by molar-refractivity contribution is 6.57. The van der Waals surface area contributed by atoms with Gasteiger partial charge in [-0.3, -0.25) is 0 Å². The van der Waals surface area contributed by atoms with Crippen molar-refractivity contribution >= 4 is 29.4 Å². The lowest BCUT2D eigenvalue weighted by atomic mass is 9.88.